The van der Waals surface area contributed by atoms with E-state index >= 15 is 0 Å². The molecule has 0 N–H and O–H groups in total. The fraction of sp³-hybridized carbons (Fsp3) is 0.857. The zero-order valence-corrected chi connectivity index (χ0v) is 7.98. The van der Waals surface area contributed by atoms with Crippen LogP contribution < -0.4 is 0 Å². The number of carbonyl (C=O) groups excluding carboxylic acids is 1. The molecule has 0 amide bonds. The molecule has 0 aromatic heterocycles. The molecule has 4 nitrogen and oxygen atoms in total. The third-order valence-corrected chi connectivity index (χ3v) is 4.08. The summed E-state index contributed by atoms with van der Waals surface area (Å²) < 4.78 is 26.6. The van der Waals surface area contributed by atoms with Crippen molar-refractivity contribution in [3.63, 3.8) is 0 Å². The van der Waals surface area contributed by atoms with E-state index in [2.05, 4.69) is 4.74 Å². The Hall–Kier alpha value is -0.580. The van der Waals surface area contributed by atoms with E-state index in [-0.39, 0.29) is 11.5 Å². The first-order valence-electron chi connectivity index (χ1n) is 3.68. The molecule has 1 fully saturated rings. The SMILES string of the molecule is COC(=O)C1(C)CCS(=O)(=O)C1. The van der Waals surface area contributed by atoms with Gasteiger partial charge in [0.2, 0.25) is 0 Å². The van der Waals surface area contributed by atoms with Crippen LogP contribution in [0.4, 0.5) is 0 Å². The lowest BCUT2D eigenvalue weighted by Gasteiger charge is -2.17. The largest absolute Gasteiger partial charge is 0.469 e. The highest BCUT2D eigenvalue weighted by molar-refractivity contribution is 7.91. The fourth-order valence-corrected chi connectivity index (χ4v) is 3.56. The molecule has 1 saturated heterocycles. The minimum absolute atomic E-state index is 0.0767. The summed E-state index contributed by atoms with van der Waals surface area (Å²) in [6.45, 7) is 1.63. The van der Waals surface area contributed by atoms with Crippen molar-refractivity contribution in [2.75, 3.05) is 18.6 Å². The van der Waals surface area contributed by atoms with Crippen LogP contribution in [-0.2, 0) is 19.4 Å². The number of hydrogen-bond acceptors (Lipinski definition) is 4. The Bertz CT molecular complexity index is 293. The van der Waals surface area contributed by atoms with Crippen LogP contribution in [0, 0.1) is 5.41 Å². The van der Waals surface area contributed by atoms with Gasteiger partial charge in [0.05, 0.1) is 24.0 Å². The molecule has 1 rings (SSSR count). The van der Waals surface area contributed by atoms with Gasteiger partial charge in [0, 0.05) is 0 Å². The predicted octanol–water partition coefficient (Wildman–Crippen LogP) is -0.0158. The van der Waals surface area contributed by atoms with Crippen LogP contribution in [0.1, 0.15) is 13.3 Å². The summed E-state index contributed by atoms with van der Waals surface area (Å²) in [4.78, 5) is 11.1. The van der Waals surface area contributed by atoms with Crippen molar-refractivity contribution < 1.29 is 17.9 Å². The van der Waals surface area contributed by atoms with E-state index in [1.807, 2.05) is 0 Å². The maximum atomic E-state index is 11.1. The summed E-state index contributed by atoms with van der Waals surface area (Å²) in [7, 11) is -1.73. The molecule has 12 heavy (non-hydrogen) atoms. The normalized spacial score (nSPS) is 33.2. The van der Waals surface area contributed by atoms with Gasteiger partial charge in [0.1, 0.15) is 0 Å². The first kappa shape index (κ1) is 9.51. The van der Waals surface area contributed by atoms with Gasteiger partial charge < -0.3 is 4.74 Å². The Morgan fingerprint density at radius 2 is 2.08 bits per heavy atom. The summed E-state index contributed by atoms with van der Waals surface area (Å²) in [6.07, 6.45) is 0.377. The number of esters is 1. The number of carbonyl (C=O) groups is 1. The number of sulfone groups is 1. The second-order valence-corrected chi connectivity index (χ2v) is 5.58. The van der Waals surface area contributed by atoms with Crippen LogP contribution in [0.15, 0.2) is 0 Å². The summed E-state index contributed by atoms with van der Waals surface area (Å²) in [5, 5.41) is 0. The zero-order valence-electron chi connectivity index (χ0n) is 7.16. The van der Waals surface area contributed by atoms with Gasteiger partial charge in [0.15, 0.2) is 9.84 Å². The molecule has 0 radical (unpaired) electrons. The van der Waals surface area contributed by atoms with Crippen LogP contribution in [0.2, 0.25) is 0 Å². The van der Waals surface area contributed by atoms with Gasteiger partial charge in [-0.1, -0.05) is 0 Å². The zero-order chi connectivity index (χ0) is 9.41. The molecule has 1 aliphatic heterocycles. The molecule has 0 aromatic carbocycles. The number of ether oxygens (including phenoxy) is 1. The van der Waals surface area contributed by atoms with E-state index in [0.29, 0.717) is 6.42 Å². The molecular formula is C7H12O4S. The molecule has 0 aromatic rings. The Morgan fingerprint density at radius 3 is 2.42 bits per heavy atom. The molecule has 0 saturated carbocycles. The summed E-state index contributed by atoms with van der Waals surface area (Å²) in [6, 6.07) is 0. The number of hydrogen-bond donors (Lipinski definition) is 0. The highest BCUT2D eigenvalue weighted by atomic mass is 32.2. The smallest absolute Gasteiger partial charge is 0.312 e. The van der Waals surface area contributed by atoms with Crippen LogP contribution in [0.5, 0.6) is 0 Å². The lowest BCUT2D eigenvalue weighted by molar-refractivity contribution is -0.150. The average Bonchev–Trinajstić information content (AvgIpc) is 2.25. The van der Waals surface area contributed by atoms with Gasteiger partial charge in [-0.05, 0) is 13.3 Å². The number of rotatable bonds is 1. The van der Waals surface area contributed by atoms with Crippen LogP contribution >= 0.6 is 0 Å². The van der Waals surface area contributed by atoms with Gasteiger partial charge >= 0.3 is 5.97 Å². The lowest BCUT2D eigenvalue weighted by atomic mass is 9.91. The topological polar surface area (TPSA) is 60.4 Å². The van der Waals surface area contributed by atoms with Crippen molar-refractivity contribution in [1.82, 2.24) is 0 Å². The van der Waals surface area contributed by atoms with Gasteiger partial charge in [-0.2, -0.15) is 0 Å². The standard InChI is InChI=1S/C7H12O4S/c1-7(6(8)11-2)3-4-12(9,10)5-7/h3-5H2,1-2H3. The van der Waals surface area contributed by atoms with Crippen molar-refractivity contribution >= 4 is 15.8 Å². The van der Waals surface area contributed by atoms with Crippen molar-refractivity contribution in [2.24, 2.45) is 5.41 Å². The second-order valence-electron chi connectivity index (χ2n) is 3.39. The van der Waals surface area contributed by atoms with Crippen molar-refractivity contribution in [1.29, 1.82) is 0 Å². The Kier molecular flexibility index (Phi) is 2.16. The van der Waals surface area contributed by atoms with Crippen molar-refractivity contribution in [2.45, 2.75) is 13.3 Å². The maximum absolute atomic E-state index is 11.1. The van der Waals surface area contributed by atoms with Crippen LogP contribution in [-0.4, -0.2) is 33.0 Å². The molecule has 70 valence electrons. The summed E-state index contributed by atoms with van der Waals surface area (Å²) >= 11 is 0. The van der Waals surface area contributed by atoms with Crippen LogP contribution in [0.25, 0.3) is 0 Å². The second kappa shape index (κ2) is 2.73. The summed E-state index contributed by atoms with van der Waals surface area (Å²) in [5.41, 5.74) is -0.812. The van der Waals surface area contributed by atoms with E-state index in [1.165, 1.54) is 7.11 Å². The Balaban J connectivity index is 2.85. The van der Waals surface area contributed by atoms with Gasteiger partial charge in [-0.25, -0.2) is 8.42 Å². The lowest BCUT2D eigenvalue weighted by Crippen LogP contribution is -2.30. The quantitative estimate of drug-likeness (QED) is 0.548. The number of methoxy groups -OCH3 is 1. The van der Waals surface area contributed by atoms with Crippen LogP contribution in [0.3, 0.4) is 0 Å². The molecule has 1 heterocycles. The van der Waals surface area contributed by atoms with Crippen molar-refractivity contribution in [3.8, 4) is 0 Å². The summed E-state index contributed by atoms with van der Waals surface area (Å²) in [5.74, 6) is -0.408. The van der Waals surface area contributed by atoms with Crippen molar-refractivity contribution in [3.05, 3.63) is 0 Å². The first-order chi connectivity index (χ1) is 5.40. The molecular weight excluding hydrogens is 180 g/mol. The molecule has 5 heteroatoms. The Morgan fingerprint density at radius 1 is 1.50 bits per heavy atom. The highest BCUT2D eigenvalue weighted by Gasteiger charge is 2.45. The fourth-order valence-electron chi connectivity index (χ4n) is 1.42. The molecule has 0 spiro atoms. The molecule has 1 unspecified atom stereocenters. The van der Waals surface area contributed by atoms with Gasteiger partial charge in [-0.15, -0.1) is 0 Å². The van der Waals surface area contributed by atoms with E-state index < -0.39 is 21.2 Å². The molecule has 0 bridgehead atoms. The molecule has 1 atom stereocenters. The minimum Gasteiger partial charge on any atom is -0.469 e. The average molecular weight is 192 g/mol. The van der Waals surface area contributed by atoms with E-state index in [4.69, 9.17) is 0 Å². The third kappa shape index (κ3) is 1.60. The molecule has 0 aliphatic carbocycles. The first-order valence-corrected chi connectivity index (χ1v) is 5.51. The van der Waals surface area contributed by atoms with Gasteiger partial charge in [0.25, 0.3) is 0 Å². The van der Waals surface area contributed by atoms with E-state index in [9.17, 15) is 13.2 Å². The van der Waals surface area contributed by atoms with E-state index in [1.54, 1.807) is 6.92 Å². The Labute approximate surface area is 71.8 Å². The molecule has 1 aliphatic rings. The van der Waals surface area contributed by atoms with E-state index in [0.717, 1.165) is 0 Å². The monoisotopic (exact) mass is 192 g/mol. The highest BCUT2D eigenvalue weighted by Crippen LogP contribution is 2.32. The third-order valence-electron chi connectivity index (χ3n) is 2.18. The minimum atomic E-state index is -3.01. The van der Waals surface area contributed by atoms with Gasteiger partial charge in [-0.3, -0.25) is 4.79 Å². The maximum Gasteiger partial charge on any atom is 0.312 e. The predicted molar refractivity (Wildman–Crippen MR) is 43.4 cm³/mol.